The fraction of sp³-hybridized carbons (Fsp3) is 0.350. The summed E-state index contributed by atoms with van der Waals surface area (Å²) in [5, 5.41) is 5.37. The first-order valence-corrected chi connectivity index (χ1v) is 10.7. The molecule has 0 aromatic heterocycles. The third-order valence-electron chi connectivity index (χ3n) is 4.24. The van der Waals surface area contributed by atoms with Gasteiger partial charge in [-0.05, 0) is 38.2 Å². The molecule has 0 unspecified atom stereocenters. The Labute approximate surface area is 181 Å². The fourth-order valence-electron chi connectivity index (χ4n) is 2.39. The Hall–Kier alpha value is -3.18. The molecule has 0 heterocycles. The Bertz CT molecular complexity index is 885. The van der Waals surface area contributed by atoms with Crippen molar-refractivity contribution in [1.82, 2.24) is 10.0 Å². The van der Waals surface area contributed by atoms with Crippen LogP contribution in [0.3, 0.4) is 0 Å². The lowest BCUT2D eigenvalue weighted by atomic mass is 9.94. The van der Waals surface area contributed by atoms with Crippen molar-refractivity contribution in [2.24, 2.45) is 0 Å². The lowest BCUT2D eigenvalue weighted by molar-refractivity contribution is -0.138. The lowest BCUT2D eigenvalue weighted by Gasteiger charge is -2.30. The van der Waals surface area contributed by atoms with Gasteiger partial charge in [0.1, 0.15) is 0 Å². The minimum atomic E-state index is -3.59. The van der Waals surface area contributed by atoms with Gasteiger partial charge in [0.25, 0.3) is 0 Å². The van der Waals surface area contributed by atoms with Gasteiger partial charge in [0.2, 0.25) is 10.0 Å². The molecule has 170 valence electrons. The van der Waals surface area contributed by atoms with Gasteiger partial charge in [-0.3, -0.25) is 0 Å². The fourth-order valence-corrected chi connectivity index (χ4v) is 3.12. The van der Waals surface area contributed by atoms with Crippen molar-refractivity contribution in [3.63, 3.8) is 0 Å². The van der Waals surface area contributed by atoms with E-state index < -0.39 is 33.5 Å². The van der Waals surface area contributed by atoms with Crippen molar-refractivity contribution in [1.29, 1.82) is 0 Å². The number of urea groups is 1. The van der Waals surface area contributed by atoms with Gasteiger partial charge < -0.3 is 20.1 Å². The van der Waals surface area contributed by atoms with Crippen LogP contribution in [0.25, 0.3) is 0 Å². The van der Waals surface area contributed by atoms with E-state index >= 15 is 0 Å². The molecule has 0 saturated carbocycles. The zero-order valence-corrected chi connectivity index (χ0v) is 18.3. The summed E-state index contributed by atoms with van der Waals surface area (Å²) in [6, 6.07) is 5.02. The SMILES string of the molecule is C=CC(=O)OCCC(C)(CCOC(=O)C=C)NC(=O)Nc1ccc(S(=O)(=O)NC)cc1. The normalized spacial score (nSPS) is 11.2. The molecule has 0 aliphatic heterocycles. The van der Waals surface area contributed by atoms with Crippen LogP contribution in [0.15, 0.2) is 54.5 Å². The van der Waals surface area contributed by atoms with Crippen LogP contribution in [0.1, 0.15) is 19.8 Å². The summed E-state index contributed by atoms with van der Waals surface area (Å²) in [6.07, 6.45) is 2.54. The molecular formula is C20H27N3O7S. The molecule has 31 heavy (non-hydrogen) atoms. The second kappa shape index (κ2) is 11.9. The van der Waals surface area contributed by atoms with E-state index in [-0.39, 0.29) is 31.0 Å². The van der Waals surface area contributed by atoms with E-state index in [0.717, 1.165) is 12.2 Å². The Morgan fingerprint density at radius 3 is 1.90 bits per heavy atom. The average Bonchev–Trinajstić information content (AvgIpc) is 2.73. The predicted octanol–water partition coefficient (Wildman–Crippen LogP) is 1.71. The number of carbonyl (C=O) groups is 3. The number of nitrogens with one attached hydrogen (secondary N) is 3. The van der Waals surface area contributed by atoms with Crippen LogP contribution in [0.2, 0.25) is 0 Å². The maximum Gasteiger partial charge on any atom is 0.330 e. The van der Waals surface area contributed by atoms with Crippen LogP contribution in [0.5, 0.6) is 0 Å². The summed E-state index contributed by atoms with van der Waals surface area (Å²) in [5.74, 6) is -1.19. The van der Waals surface area contributed by atoms with Crippen LogP contribution in [0.4, 0.5) is 10.5 Å². The highest BCUT2D eigenvalue weighted by Gasteiger charge is 2.27. The Balaban J connectivity index is 2.79. The molecule has 11 heteroatoms. The van der Waals surface area contributed by atoms with Gasteiger partial charge in [-0.15, -0.1) is 0 Å². The van der Waals surface area contributed by atoms with Gasteiger partial charge >= 0.3 is 18.0 Å². The van der Waals surface area contributed by atoms with Gasteiger partial charge in [-0.25, -0.2) is 27.5 Å². The van der Waals surface area contributed by atoms with Crippen LogP contribution in [0, 0.1) is 0 Å². The number of hydrogen-bond acceptors (Lipinski definition) is 7. The van der Waals surface area contributed by atoms with Gasteiger partial charge in [0, 0.05) is 36.2 Å². The van der Waals surface area contributed by atoms with E-state index in [2.05, 4.69) is 28.5 Å². The zero-order chi connectivity index (χ0) is 23.5. The van der Waals surface area contributed by atoms with Gasteiger partial charge in [-0.2, -0.15) is 0 Å². The molecule has 0 atom stereocenters. The molecule has 0 radical (unpaired) electrons. The number of amides is 2. The number of sulfonamides is 1. The highest BCUT2D eigenvalue weighted by atomic mass is 32.2. The third-order valence-corrected chi connectivity index (χ3v) is 5.67. The molecule has 0 spiro atoms. The molecular weight excluding hydrogens is 426 g/mol. The molecule has 2 amide bonds. The minimum absolute atomic E-state index is 0.00755. The molecule has 0 aliphatic rings. The molecule has 0 bridgehead atoms. The maximum atomic E-state index is 12.5. The number of ether oxygens (including phenoxy) is 2. The molecule has 1 aromatic rings. The van der Waals surface area contributed by atoms with Gasteiger partial charge in [-0.1, -0.05) is 13.2 Å². The van der Waals surface area contributed by atoms with E-state index in [9.17, 15) is 22.8 Å². The van der Waals surface area contributed by atoms with Crippen molar-refractivity contribution >= 4 is 33.7 Å². The van der Waals surface area contributed by atoms with Crippen molar-refractivity contribution < 1.29 is 32.3 Å². The summed E-state index contributed by atoms with van der Waals surface area (Å²) in [7, 11) is -2.29. The topological polar surface area (TPSA) is 140 Å². The average molecular weight is 454 g/mol. The van der Waals surface area contributed by atoms with Gasteiger partial charge in [0.15, 0.2) is 0 Å². The summed E-state index contributed by atoms with van der Waals surface area (Å²) < 4.78 is 35.7. The molecule has 3 N–H and O–H groups in total. The maximum absolute atomic E-state index is 12.5. The Morgan fingerprint density at radius 2 is 1.48 bits per heavy atom. The molecule has 1 aromatic carbocycles. The number of benzene rings is 1. The van der Waals surface area contributed by atoms with Crippen LogP contribution in [-0.2, 0) is 29.1 Å². The number of anilines is 1. The van der Waals surface area contributed by atoms with Gasteiger partial charge in [0.05, 0.1) is 18.1 Å². The van der Waals surface area contributed by atoms with Crippen molar-refractivity contribution in [2.75, 3.05) is 25.6 Å². The highest BCUT2D eigenvalue weighted by molar-refractivity contribution is 7.89. The zero-order valence-electron chi connectivity index (χ0n) is 17.5. The van der Waals surface area contributed by atoms with Crippen LogP contribution >= 0.6 is 0 Å². The minimum Gasteiger partial charge on any atom is -0.462 e. The number of esters is 2. The van der Waals surface area contributed by atoms with E-state index in [1.54, 1.807) is 6.92 Å². The predicted molar refractivity (Wildman–Crippen MR) is 115 cm³/mol. The first-order chi connectivity index (χ1) is 14.5. The summed E-state index contributed by atoms with van der Waals surface area (Å²) in [6.45, 7) is 8.35. The van der Waals surface area contributed by atoms with E-state index in [4.69, 9.17) is 9.47 Å². The van der Waals surface area contributed by atoms with Crippen molar-refractivity contribution in [3.8, 4) is 0 Å². The quantitative estimate of drug-likeness (QED) is 0.323. The largest absolute Gasteiger partial charge is 0.462 e. The molecule has 0 aliphatic carbocycles. The molecule has 10 nitrogen and oxygen atoms in total. The summed E-state index contributed by atoms with van der Waals surface area (Å²) in [4.78, 5) is 35.0. The summed E-state index contributed by atoms with van der Waals surface area (Å²) in [5.41, 5.74) is -0.520. The van der Waals surface area contributed by atoms with E-state index in [1.807, 2.05) is 0 Å². The Kier molecular flexibility index (Phi) is 9.90. The standard InChI is InChI=1S/C20H27N3O7S/c1-5-17(24)29-13-11-20(3,12-14-30-18(25)6-2)23-19(26)22-15-7-9-16(10-8-15)31(27,28)21-4/h5-10,21H,1-2,11-14H2,3-4H3,(H2,22,23,26). The molecule has 0 fully saturated rings. The highest BCUT2D eigenvalue weighted by Crippen LogP contribution is 2.18. The first-order valence-electron chi connectivity index (χ1n) is 9.26. The number of rotatable bonds is 12. The van der Waals surface area contributed by atoms with Crippen molar-refractivity contribution in [3.05, 3.63) is 49.6 Å². The molecule has 1 rings (SSSR count). The second-order valence-electron chi connectivity index (χ2n) is 6.61. The van der Waals surface area contributed by atoms with E-state index in [1.165, 1.54) is 31.3 Å². The lowest BCUT2D eigenvalue weighted by Crippen LogP contribution is -2.49. The number of carbonyl (C=O) groups excluding carboxylic acids is 3. The van der Waals surface area contributed by atoms with Crippen LogP contribution in [-0.4, -0.2) is 52.2 Å². The first kappa shape index (κ1) is 25.9. The second-order valence-corrected chi connectivity index (χ2v) is 8.50. The monoisotopic (exact) mass is 453 g/mol. The van der Waals surface area contributed by atoms with Crippen LogP contribution < -0.4 is 15.4 Å². The smallest absolute Gasteiger partial charge is 0.330 e. The van der Waals surface area contributed by atoms with E-state index in [0.29, 0.717) is 5.69 Å². The Morgan fingerprint density at radius 1 is 1.00 bits per heavy atom. The third kappa shape index (κ3) is 9.01. The number of hydrogen-bond donors (Lipinski definition) is 3. The molecule has 0 saturated heterocycles. The summed E-state index contributed by atoms with van der Waals surface area (Å²) >= 11 is 0. The van der Waals surface area contributed by atoms with Crippen molar-refractivity contribution in [2.45, 2.75) is 30.2 Å².